The summed E-state index contributed by atoms with van der Waals surface area (Å²) in [5, 5.41) is 3.01. The molecule has 1 unspecified atom stereocenters. The Labute approximate surface area is 144 Å². The second kappa shape index (κ2) is 6.29. The normalized spacial score (nSPS) is 12.1. The predicted octanol–water partition coefficient (Wildman–Crippen LogP) is 2.44. The van der Waals surface area contributed by atoms with Crippen LogP contribution >= 0.6 is 0 Å². The molecule has 0 spiro atoms. The molecule has 8 N–H and O–H groups in total. The number of carbonyl (C=O) groups excluding carboxylic acids is 2. The average molecular weight is 337 g/mol. The van der Waals surface area contributed by atoms with E-state index in [2.05, 4.69) is 10.3 Å². The van der Waals surface area contributed by atoms with E-state index in [9.17, 15) is 9.59 Å². The Morgan fingerprint density at radius 1 is 1.04 bits per heavy atom. The topological polar surface area (TPSA) is 140 Å². The molecule has 3 aromatic rings. The van der Waals surface area contributed by atoms with E-state index in [-0.39, 0.29) is 17.4 Å². The van der Waals surface area contributed by atoms with Gasteiger partial charge in [0, 0.05) is 16.9 Å². The highest BCUT2D eigenvalue weighted by molar-refractivity contribution is 6.13. The van der Waals surface area contributed by atoms with Crippen LogP contribution in [0.15, 0.2) is 42.5 Å². The number of urea groups is 1. The number of aromatic amines is 1. The van der Waals surface area contributed by atoms with Gasteiger partial charge in [-0.1, -0.05) is 36.4 Å². The molecule has 1 atom stereocenters. The molecule has 2 aromatic carbocycles. The minimum absolute atomic E-state index is 0.0273. The summed E-state index contributed by atoms with van der Waals surface area (Å²) in [4.78, 5) is 25.8. The molecule has 1 heterocycles. The Bertz CT molecular complexity index is 958. The van der Waals surface area contributed by atoms with Gasteiger partial charge < -0.3 is 22.2 Å². The van der Waals surface area contributed by atoms with E-state index in [1.54, 1.807) is 6.07 Å². The van der Waals surface area contributed by atoms with Crippen LogP contribution in [0.2, 0.25) is 0 Å². The van der Waals surface area contributed by atoms with Crippen molar-refractivity contribution < 1.29 is 9.59 Å². The third kappa shape index (κ3) is 3.17. The molecule has 7 heteroatoms. The quantitative estimate of drug-likeness (QED) is 0.499. The minimum atomic E-state index is -0.777. The third-order valence-corrected chi connectivity index (χ3v) is 4.06. The minimum Gasteiger partial charge on any atom is -0.365 e. The van der Waals surface area contributed by atoms with Crippen molar-refractivity contribution in [2.75, 3.05) is 5.32 Å². The first-order valence-electron chi connectivity index (χ1n) is 7.74. The summed E-state index contributed by atoms with van der Waals surface area (Å²) in [7, 11) is 0. The highest BCUT2D eigenvalue weighted by atomic mass is 16.2. The van der Waals surface area contributed by atoms with Crippen molar-refractivity contribution in [2.24, 2.45) is 17.2 Å². The van der Waals surface area contributed by atoms with E-state index in [0.717, 1.165) is 16.7 Å². The number of H-pyrrole nitrogens is 1. The highest BCUT2D eigenvalue weighted by Gasteiger charge is 2.17. The fourth-order valence-corrected chi connectivity index (χ4v) is 2.83. The third-order valence-electron chi connectivity index (χ3n) is 4.06. The molecular formula is C18H19N5O2. The molecule has 0 bridgehead atoms. The van der Waals surface area contributed by atoms with Crippen molar-refractivity contribution in [3.05, 3.63) is 53.6 Å². The Kier molecular flexibility index (Phi) is 4.16. The van der Waals surface area contributed by atoms with E-state index in [4.69, 9.17) is 17.2 Å². The first kappa shape index (κ1) is 16.5. The zero-order chi connectivity index (χ0) is 18.1. The van der Waals surface area contributed by atoms with Crippen molar-refractivity contribution in [3.63, 3.8) is 0 Å². The standard InChI is InChI=1S/C18H19N5O2/c1-9(19)10-2-4-11(5-3-10)12-6-7-13-14(8-12)22-17(23-18(21)25)15(13)16(20)24/h2-9,22H,19H2,1H3,(H2,20,24)(H3,21,23,25). The van der Waals surface area contributed by atoms with Gasteiger partial charge in [-0.05, 0) is 29.7 Å². The summed E-state index contributed by atoms with van der Waals surface area (Å²) in [5.74, 6) is -0.455. The second-order valence-corrected chi connectivity index (χ2v) is 5.90. The molecule has 0 radical (unpaired) electrons. The Balaban J connectivity index is 2.08. The van der Waals surface area contributed by atoms with E-state index < -0.39 is 11.9 Å². The molecule has 0 fully saturated rings. The fraction of sp³-hybridized carbons (Fsp3) is 0.111. The van der Waals surface area contributed by atoms with Crippen molar-refractivity contribution in [1.82, 2.24) is 4.98 Å². The van der Waals surface area contributed by atoms with Crippen molar-refractivity contribution >= 4 is 28.7 Å². The van der Waals surface area contributed by atoms with Crippen LogP contribution in [0.1, 0.15) is 28.9 Å². The zero-order valence-electron chi connectivity index (χ0n) is 13.7. The number of aromatic nitrogens is 1. The van der Waals surface area contributed by atoms with Gasteiger partial charge in [-0.25, -0.2) is 4.79 Å². The first-order chi connectivity index (χ1) is 11.9. The fourth-order valence-electron chi connectivity index (χ4n) is 2.83. The number of benzene rings is 2. The number of rotatable bonds is 4. The van der Waals surface area contributed by atoms with Gasteiger partial charge in [-0.3, -0.25) is 10.1 Å². The van der Waals surface area contributed by atoms with Crippen LogP contribution in [0.3, 0.4) is 0 Å². The van der Waals surface area contributed by atoms with Crippen LogP contribution in [0.4, 0.5) is 10.6 Å². The number of carbonyl (C=O) groups is 2. The monoisotopic (exact) mass is 337 g/mol. The maximum atomic E-state index is 11.7. The molecule has 0 aliphatic carbocycles. The van der Waals surface area contributed by atoms with Crippen LogP contribution < -0.4 is 22.5 Å². The number of fused-ring (bicyclic) bond motifs is 1. The van der Waals surface area contributed by atoms with E-state index >= 15 is 0 Å². The van der Waals surface area contributed by atoms with Crippen molar-refractivity contribution in [1.29, 1.82) is 0 Å². The number of primary amides is 2. The van der Waals surface area contributed by atoms with Gasteiger partial charge >= 0.3 is 6.03 Å². The van der Waals surface area contributed by atoms with E-state index in [1.165, 1.54) is 0 Å². The number of amides is 3. The van der Waals surface area contributed by atoms with Gasteiger partial charge in [0.1, 0.15) is 5.82 Å². The molecule has 0 aliphatic heterocycles. The largest absolute Gasteiger partial charge is 0.365 e. The Morgan fingerprint density at radius 3 is 2.24 bits per heavy atom. The Hall–Kier alpha value is -3.32. The lowest BCUT2D eigenvalue weighted by Crippen LogP contribution is -2.22. The lowest BCUT2D eigenvalue weighted by Gasteiger charge is -2.07. The van der Waals surface area contributed by atoms with Gasteiger partial charge in [0.25, 0.3) is 5.91 Å². The van der Waals surface area contributed by atoms with E-state index in [0.29, 0.717) is 10.9 Å². The lowest BCUT2D eigenvalue weighted by atomic mass is 10.0. The van der Waals surface area contributed by atoms with Crippen molar-refractivity contribution in [3.8, 4) is 11.1 Å². The van der Waals surface area contributed by atoms with Crippen LogP contribution in [-0.2, 0) is 0 Å². The van der Waals surface area contributed by atoms with Gasteiger partial charge in [-0.15, -0.1) is 0 Å². The molecule has 25 heavy (non-hydrogen) atoms. The molecule has 0 aliphatic rings. The summed E-state index contributed by atoms with van der Waals surface area (Å²) in [5.41, 5.74) is 20.3. The molecule has 7 nitrogen and oxygen atoms in total. The highest BCUT2D eigenvalue weighted by Crippen LogP contribution is 2.30. The average Bonchev–Trinajstić information content (AvgIpc) is 2.91. The molecule has 1 aromatic heterocycles. The lowest BCUT2D eigenvalue weighted by molar-refractivity contribution is 0.100. The molecule has 0 saturated carbocycles. The van der Waals surface area contributed by atoms with Gasteiger partial charge in [0.15, 0.2) is 0 Å². The Morgan fingerprint density at radius 2 is 1.68 bits per heavy atom. The summed E-state index contributed by atoms with van der Waals surface area (Å²) >= 11 is 0. The maximum Gasteiger partial charge on any atom is 0.317 e. The van der Waals surface area contributed by atoms with E-state index in [1.807, 2.05) is 43.3 Å². The number of hydrogen-bond donors (Lipinski definition) is 5. The SMILES string of the molecule is CC(N)c1ccc(-c2ccc3c(C(N)=O)c(NC(N)=O)[nH]c3c2)cc1. The van der Waals surface area contributed by atoms with Gasteiger partial charge in [0.05, 0.1) is 5.56 Å². The first-order valence-corrected chi connectivity index (χ1v) is 7.74. The van der Waals surface area contributed by atoms with Gasteiger partial charge in [0.2, 0.25) is 0 Å². The molecular weight excluding hydrogens is 318 g/mol. The maximum absolute atomic E-state index is 11.7. The number of anilines is 1. The summed E-state index contributed by atoms with van der Waals surface area (Å²) in [6.07, 6.45) is 0. The van der Waals surface area contributed by atoms with Crippen LogP contribution in [-0.4, -0.2) is 16.9 Å². The predicted molar refractivity (Wildman–Crippen MR) is 98.1 cm³/mol. The van der Waals surface area contributed by atoms with Crippen LogP contribution in [0.5, 0.6) is 0 Å². The second-order valence-electron chi connectivity index (χ2n) is 5.90. The zero-order valence-corrected chi connectivity index (χ0v) is 13.7. The molecule has 3 rings (SSSR count). The summed E-state index contributed by atoms with van der Waals surface area (Å²) in [6.45, 7) is 1.93. The smallest absolute Gasteiger partial charge is 0.317 e. The summed E-state index contributed by atoms with van der Waals surface area (Å²) in [6, 6.07) is 12.7. The number of nitrogens with one attached hydrogen (secondary N) is 2. The summed E-state index contributed by atoms with van der Waals surface area (Å²) < 4.78 is 0. The number of nitrogens with two attached hydrogens (primary N) is 3. The molecule has 128 valence electrons. The molecule has 3 amide bonds. The van der Waals surface area contributed by atoms with Crippen LogP contribution in [0.25, 0.3) is 22.0 Å². The molecule has 0 saturated heterocycles. The van der Waals surface area contributed by atoms with Crippen molar-refractivity contribution in [2.45, 2.75) is 13.0 Å². The number of hydrogen-bond acceptors (Lipinski definition) is 3. The van der Waals surface area contributed by atoms with Gasteiger partial charge in [-0.2, -0.15) is 0 Å². The van der Waals surface area contributed by atoms with Crippen LogP contribution in [0, 0.1) is 0 Å².